The van der Waals surface area contributed by atoms with E-state index in [1.54, 1.807) is 6.92 Å². The van der Waals surface area contributed by atoms with Crippen LogP contribution in [-0.2, 0) is 27.9 Å². The second kappa shape index (κ2) is 14.8. The van der Waals surface area contributed by atoms with Crippen molar-refractivity contribution < 1.29 is 49.8 Å². The van der Waals surface area contributed by atoms with Gasteiger partial charge in [0, 0.05) is 12.1 Å². The highest BCUT2D eigenvalue weighted by molar-refractivity contribution is 7.89. The van der Waals surface area contributed by atoms with Gasteiger partial charge in [0.1, 0.15) is 21.5 Å². The van der Waals surface area contributed by atoms with Crippen molar-refractivity contribution in [3.8, 4) is 5.75 Å². The molecule has 274 valence electrons. The Morgan fingerprint density at radius 2 is 1.46 bits per heavy atom. The summed E-state index contributed by atoms with van der Waals surface area (Å²) in [7, 11) is -5.52. The van der Waals surface area contributed by atoms with E-state index in [0.29, 0.717) is 17.4 Å². The summed E-state index contributed by atoms with van der Waals surface area (Å²) >= 11 is 5.77. The summed E-state index contributed by atoms with van der Waals surface area (Å²) in [4.78, 5) is 25.7. The first kappa shape index (κ1) is 37.2. The van der Waals surface area contributed by atoms with Crippen molar-refractivity contribution >= 4 is 39.2 Å². The number of sulfonamides is 1. The second-order valence-electron chi connectivity index (χ2n) is 12.7. The van der Waals surface area contributed by atoms with E-state index in [4.69, 9.17) is 16.3 Å². The van der Waals surface area contributed by atoms with Gasteiger partial charge in [-0.05, 0) is 85.4 Å². The number of halogens is 6. The van der Waals surface area contributed by atoms with Crippen LogP contribution in [0.25, 0.3) is 0 Å². The first-order valence-electron chi connectivity index (χ1n) is 16.4. The zero-order chi connectivity index (χ0) is 37.5. The quantitative estimate of drug-likeness (QED) is 0.0788. The van der Waals surface area contributed by atoms with E-state index < -0.39 is 74.0 Å². The molecule has 4 aromatic carbocycles. The van der Waals surface area contributed by atoms with Crippen molar-refractivity contribution in [1.82, 2.24) is 4.31 Å². The Morgan fingerprint density at radius 3 is 2.04 bits per heavy atom. The summed E-state index contributed by atoms with van der Waals surface area (Å²) in [5, 5.41) is 8.05. The van der Waals surface area contributed by atoms with E-state index in [2.05, 4.69) is 6.07 Å². The molecule has 0 radical (unpaired) electrons. The Kier molecular flexibility index (Phi) is 10.6. The number of carboxylic acid groups (broad SMARTS) is 1. The molecule has 0 saturated heterocycles. The molecule has 0 aromatic heterocycles. The number of benzene rings is 4. The molecule has 0 spiro atoms. The van der Waals surface area contributed by atoms with E-state index in [9.17, 15) is 40.7 Å². The van der Waals surface area contributed by atoms with E-state index in [1.807, 2.05) is 12.1 Å². The van der Waals surface area contributed by atoms with Crippen molar-refractivity contribution in [2.24, 2.45) is 0 Å². The molecule has 0 unspecified atom stereocenters. The van der Waals surface area contributed by atoms with Crippen LogP contribution in [0.3, 0.4) is 0 Å². The molecule has 15 heteroatoms. The molecule has 0 atom stereocenters. The Labute approximate surface area is 301 Å². The standard InChI is InChI=1S/C37H32ClF5N2O6S/c1-2-51-29-16-23(37(47)48)11-12-28(29)45(17-20-13-25(21-7-8-21)15-26(14-20)22-9-10-22)30(46)19-44(18-24-5-3-4-6-27(24)39)52(49,50)36-31(38)32(40)33(41)34(42)35(36)43/h3-6,11-16,21-22H,2,7-10,17-19H2,1H3,(H,47,48). The molecule has 52 heavy (non-hydrogen) atoms. The maximum Gasteiger partial charge on any atom is 0.335 e. The minimum Gasteiger partial charge on any atom is -0.492 e. The average molecular weight is 763 g/mol. The molecular weight excluding hydrogens is 731 g/mol. The van der Waals surface area contributed by atoms with E-state index >= 15 is 4.39 Å². The Bertz CT molecular complexity index is 2120. The number of carboxylic acids is 1. The smallest absolute Gasteiger partial charge is 0.335 e. The van der Waals surface area contributed by atoms with Crippen LogP contribution in [0, 0.1) is 29.1 Å². The number of hydrogen-bond donors (Lipinski definition) is 1. The van der Waals surface area contributed by atoms with Gasteiger partial charge < -0.3 is 14.7 Å². The zero-order valence-electron chi connectivity index (χ0n) is 27.6. The highest BCUT2D eigenvalue weighted by Crippen LogP contribution is 2.46. The van der Waals surface area contributed by atoms with E-state index in [0.717, 1.165) is 47.8 Å². The van der Waals surface area contributed by atoms with Gasteiger partial charge in [-0.3, -0.25) is 4.79 Å². The van der Waals surface area contributed by atoms with Gasteiger partial charge >= 0.3 is 5.97 Å². The number of hydrogen-bond acceptors (Lipinski definition) is 5. The second-order valence-corrected chi connectivity index (χ2v) is 15.0. The summed E-state index contributed by atoms with van der Waals surface area (Å²) in [6, 6.07) is 14.6. The number of carbonyl (C=O) groups is 2. The molecule has 1 amide bonds. The molecule has 1 N–H and O–H groups in total. The van der Waals surface area contributed by atoms with Crippen molar-refractivity contribution in [1.29, 1.82) is 0 Å². The molecule has 2 fully saturated rings. The van der Waals surface area contributed by atoms with Crippen LogP contribution in [0.15, 0.2) is 65.6 Å². The molecule has 0 bridgehead atoms. The predicted molar refractivity (Wildman–Crippen MR) is 181 cm³/mol. The number of rotatable bonds is 14. The summed E-state index contributed by atoms with van der Waals surface area (Å²) < 4.78 is 107. The van der Waals surface area contributed by atoms with Crippen LogP contribution >= 0.6 is 11.6 Å². The molecule has 2 aliphatic rings. The van der Waals surface area contributed by atoms with Crippen molar-refractivity contribution in [2.75, 3.05) is 18.1 Å². The molecule has 0 aliphatic heterocycles. The third-order valence-corrected chi connectivity index (χ3v) is 11.3. The van der Waals surface area contributed by atoms with Crippen LogP contribution in [0.4, 0.5) is 27.6 Å². The third-order valence-electron chi connectivity index (χ3n) is 8.96. The number of aromatic carboxylic acids is 1. The number of amides is 1. The fourth-order valence-corrected chi connectivity index (χ4v) is 7.93. The predicted octanol–water partition coefficient (Wildman–Crippen LogP) is 8.31. The molecular formula is C37H32ClF5N2O6S. The van der Waals surface area contributed by atoms with Gasteiger partial charge in [-0.2, -0.15) is 4.31 Å². The van der Waals surface area contributed by atoms with Crippen LogP contribution in [0.1, 0.15) is 77.1 Å². The highest BCUT2D eigenvalue weighted by atomic mass is 35.5. The summed E-state index contributed by atoms with van der Waals surface area (Å²) in [6.07, 6.45) is 3.98. The maximum atomic E-state index is 15.2. The van der Waals surface area contributed by atoms with Crippen molar-refractivity contribution in [3.63, 3.8) is 0 Å². The summed E-state index contributed by atoms with van der Waals surface area (Å²) in [5.74, 6) is -11.9. The van der Waals surface area contributed by atoms with Gasteiger partial charge in [0.2, 0.25) is 15.9 Å². The van der Waals surface area contributed by atoms with E-state index in [1.165, 1.54) is 36.4 Å². The Hall–Kier alpha value is -4.53. The summed E-state index contributed by atoms with van der Waals surface area (Å²) in [6.45, 7) is -0.601. The lowest BCUT2D eigenvalue weighted by atomic mass is 9.99. The van der Waals surface area contributed by atoms with Gasteiger partial charge in [0.15, 0.2) is 23.3 Å². The van der Waals surface area contributed by atoms with E-state index in [-0.39, 0.29) is 40.0 Å². The third kappa shape index (κ3) is 7.64. The number of nitrogens with zero attached hydrogens (tertiary/aromatic N) is 2. The van der Waals surface area contributed by atoms with Crippen LogP contribution < -0.4 is 9.64 Å². The monoisotopic (exact) mass is 762 g/mol. The average Bonchev–Trinajstić information content (AvgIpc) is 4.03. The fraction of sp³-hybridized carbons (Fsp3) is 0.297. The maximum absolute atomic E-state index is 15.2. The first-order chi connectivity index (χ1) is 24.7. The molecule has 8 nitrogen and oxygen atoms in total. The van der Waals surface area contributed by atoms with Crippen molar-refractivity contribution in [3.05, 3.63) is 123 Å². The number of anilines is 1. The number of ether oxygens (including phenoxy) is 1. The van der Waals surface area contributed by atoms with Crippen LogP contribution in [0.2, 0.25) is 5.02 Å². The summed E-state index contributed by atoms with van der Waals surface area (Å²) in [5.41, 5.74) is 2.41. The molecule has 2 aliphatic carbocycles. The largest absolute Gasteiger partial charge is 0.492 e. The van der Waals surface area contributed by atoms with Crippen molar-refractivity contribution in [2.45, 2.75) is 62.4 Å². The normalized spacial score (nSPS) is 14.5. The SMILES string of the molecule is CCOc1cc(C(=O)O)ccc1N(Cc1cc(C2CC2)cc(C2CC2)c1)C(=O)CN(Cc1ccccc1F)S(=O)(=O)c1c(F)c(F)c(F)c(F)c1Cl. The lowest BCUT2D eigenvalue weighted by Gasteiger charge is -2.29. The molecule has 4 aromatic rings. The Morgan fingerprint density at radius 1 is 0.846 bits per heavy atom. The topological polar surface area (TPSA) is 104 Å². The van der Waals surface area contributed by atoms with Gasteiger partial charge in [-0.25, -0.2) is 35.2 Å². The van der Waals surface area contributed by atoms with Crippen LogP contribution in [-0.4, -0.2) is 42.9 Å². The fourth-order valence-electron chi connectivity index (χ4n) is 5.99. The first-order valence-corrected chi connectivity index (χ1v) is 18.2. The van der Waals surface area contributed by atoms with Gasteiger partial charge in [-0.1, -0.05) is 48.0 Å². The minimum absolute atomic E-state index is 0.0307. The highest BCUT2D eigenvalue weighted by Gasteiger charge is 2.39. The van der Waals surface area contributed by atoms with Gasteiger partial charge in [-0.15, -0.1) is 0 Å². The Balaban J connectivity index is 1.48. The minimum atomic E-state index is -5.52. The molecule has 6 rings (SSSR count). The zero-order valence-corrected chi connectivity index (χ0v) is 29.2. The van der Waals surface area contributed by atoms with Crippen LogP contribution in [0.5, 0.6) is 5.75 Å². The van der Waals surface area contributed by atoms with Gasteiger partial charge in [0.05, 0.1) is 30.9 Å². The molecule has 0 heterocycles. The molecule has 2 saturated carbocycles. The lowest BCUT2D eigenvalue weighted by molar-refractivity contribution is -0.119. The van der Waals surface area contributed by atoms with Gasteiger partial charge in [0.25, 0.3) is 0 Å². The lowest BCUT2D eigenvalue weighted by Crippen LogP contribution is -2.43. The number of carbonyl (C=O) groups excluding carboxylic acids is 1.